The molecule has 1 aliphatic heterocycles. The van der Waals surface area contributed by atoms with Gasteiger partial charge in [-0.25, -0.2) is 0 Å². The Hall–Kier alpha value is -3.23. The molecule has 0 bridgehead atoms. The van der Waals surface area contributed by atoms with Crippen molar-refractivity contribution in [3.63, 3.8) is 0 Å². The molecule has 4 rings (SSSR count). The van der Waals surface area contributed by atoms with E-state index in [2.05, 4.69) is 37.9 Å². The highest BCUT2D eigenvalue weighted by atomic mass is 16.1. The first kappa shape index (κ1) is 18.1. The third kappa shape index (κ3) is 4.19. The minimum Gasteiger partial charge on any atom is -0.365 e. The van der Waals surface area contributed by atoms with Gasteiger partial charge in [-0.2, -0.15) is 4.98 Å². The summed E-state index contributed by atoms with van der Waals surface area (Å²) in [5.41, 5.74) is 7.50. The Balaban J connectivity index is 1.44. The van der Waals surface area contributed by atoms with Crippen LogP contribution in [0.4, 0.5) is 17.5 Å². The minimum atomic E-state index is -0.653. The number of nitrogens with one attached hydrogen (secondary N) is 2. The number of benzene rings is 1. The molecule has 0 spiro atoms. The molecule has 1 aromatic carbocycles. The zero-order valence-electron chi connectivity index (χ0n) is 15.5. The van der Waals surface area contributed by atoms with Crippen molar-refractivity contribution < 1.29 is 9.59 Å². The van der Waals surface area contributed by atoms with Gasteiger partial charge in [-0.15, -0.1) is 10.2 Å². The van der Waals surface area contributed by atoms with Crippen LogP contribution >= 0.6 is 0 Å². The molecule has 1 aliphatic carbocycles. The number of amides is 2. The molecule has 2 fully saturated rings. The Kier molecular flexibility index (Phi) is 5.05. The van der Waals surface area contributed by atoms with E-state index >= 15 is 0 Å². The molecule has 2 aromatic rings. The maximum atomic E-state index is 11.5. The van der Waals surface area contributed by atoms with Gasteiger partial charge in [-0.1, -0.05) is 12.1 Å². The number of piperidine rings is 1. The summed E-state index contributed by atoms with van der Waals surface area (Å²) < 4.78 is 0. The minimum absolute atomic E-state index is 0.0504. The summed E-state index contributed by atoms with van der Waals surface area (Å²) in [7, 11) is 0. The molecule has 146 valence electrons. The first-order valence-electron chi connectivity index (χ1n) is 9.50. The number of anilines is 3. The van der Waals surface area contributed by atoms with Gasteiger partial charge in [0.15, 0.2) is 11.5 Å². The number of nitrogens with zero attached hydrogens (tertiary/aromatic N) is 4. The number of likely N-dealkylation sites (tertiary alicyclic amines) is 1. The molecule has 2 heterocycles. The highest BCUT2D eigenvalue weighted by Crippen LogP contribution is 2.29. The van der Waals surface area contributed by atoms with Crippen LogP contribution in [0.2, 0.25) is 0 Å². The lowest BCUT2D eigenvalue weighted by molar-refractivity contribution is -0.119. The lowest BCUT2D eigenvalue weighted by Crippen LogP contribution is -2.31. The Labute approximate surface area is 162 Å². The van der Waals surface area contributed by atoms with E-state index in [1.165, 1.54) is 5.56 Å². The summed E-state index contributed by atoms with van der Waals surface area (Å²) in [6.45, 7) is 1.60. The summed E-state index contributed by atoms with van der Waals surface area (Å²) in [5, 5.41) is 14.2. The molecule has 9 nitrogen and oxygen atoms in total. The van der Waals surface area contributed by atoms with E-state index in [0.29, 0.717) is 23.7 Å². The van der Waals surface area contributed by atoms with Gasteiger partial charge in [0.1, 0.15) is 0 Å². The van der Waals surface area contributed by atoms with Gasteiger partial charge >= 0.3 is 0 Å². The second-order valence-electron chi connectivity index (χ2n) is 7.28. The summed E-state index contributed by atoms with van der Waals surface area (Å²) in [6, 6.07) is 8.42. The highest BCUT2D eigenvalue weighted by molar-refractivity contribution is 5.95. The largest absolute Gasteiger partial charge is 0.365 e. The predicted molar refractivity (Wildman–Crippen MR) is 104 cm³/mol. The van der Waals surface area contributed by atoms with E-state index in [4.69, 9.17) is 5.73 Å². The average molecular weight is 381 g/mol. The van der Waals surface area contributed by atoms with E-state index in [1.807, 2.05) is 17.0 Å². The lowest BCUT2D eigenvalue weighted by atomic mass is 9.89. The lowest BCUT2D eigenvalue weighted by Gasteiger charge is -2.29. The fourth-order valence-electron chi connectivity index (χ4n) is 3.37. The van der Waals surface area contributed by atoms with Crippen molar-refractivity contribution in [1.29, 1.82) is 0 Å². The van der Waals surface area contributed by atoms with Crippen molar-refractivity contribution in [1.82, 2.24) is 20.1 Å². The first-order chi connectivity index (χ1) is 13.6. The second-order valence-corrected chi connectivity index (χ2v) is 7.28. The summed E-state index contributed by atoms with van der Waals surface area (Å²) >= 11 is 0. The smallest absolute Gasteiger partial charge is 0.273 e. The molecule has 1 aromatic heterocycles. The molecule has 0 atom stereocenters. The molecular weight excluding hydrogens is 358 g/mol. The summed E-state index contributed by atoms with van der Waals surface area (Å²) in [5.74, 6) is 0.485. The van der Waals surface area contributed by atoms with Gasteiger partial charge in [0.2, 0.25) is 12.4 Å². The van der Waals surface area contributed by atoms with Crippen LogP contribution in [0.1, 0.15) is 47.7 Å². The fourth-order valence-corrected chi connectivity index (χ4v) is 3.37. The van der Waals surface area contributed by atoms with E-state index < -0.39 is 5.91 Å². The Bertz CT molecular complexity index is 859. The molecule has 28 heavy (non-hydrogen) atoms. The number of carbonyl (C=O) groups excluding carboxylic acids is 2. The predicted octanol–water partition coefficient (Wildman–Crippen LogP) is 1.62. The Morgan fingerprint density at radius 1 is 1.11 bits per heavy atom. The third-order valence-corrected chi connectivity index (χ3v) is 5.16. The number of aromatic nitrogens is 3. The monoisotopic (exact) mass is 381 g/mol. The molecule has 1 saturated heterocycles. The topological polar surface area (TPSA) is 126 Å². The molecular formula is C19H23N7O2. The van der Waals surface area contributed by atoms with Crippen LogP contribution in [0.3, 0.4) is 0 Å². The molecule has 9 heteroatoms. The third-order valence-electron chi connectivity index (χ3n) is 5.16. The van der Waals surface area contributed by atoms with Crippen molar-refractivity contribution in [3.05, 3.63) is 35.5 Å². The first-order valence-corrected chi connectivity index (χ1v) is 9.50. The standard InChI is InChI=1S/C19H23N7O2/c20-17(28)16-18(21-14-5-6-14)23-19(25-24-16)22-15-3-1-12(2-4-15)13-7-9-26(11-27)10-8-13/h1-4,11,13-14H,5-10H2,(H2,20,28)(H2,21,22,23,25). The van der Waals surface area contributed by atoms with Crippen LogP contribution in [-0.2, 0) is 4.79 Å². The van der Waals surface area contributed by atoms with Crippen molar-refractivity contribution in [2.45, 2.75) is 37.6 Å². The molecule has 4 N–H and O–H groups in total. The second kappa shape index (κ2) is 7.79. The molecule has 0 unspecified atom stereocenters. The van der Waals surface area contributed by atoms with Crippen LogP contribution in [-0.4, -0.2) is 51.5 Å². The van der Waals surface area contributed by atoms with Gasteiger partial charge in [0.05, 0.1) is 0 Å². The number of carbonyl (C=O) groups is 2. The molecule has 0 radical (unpaired) electrons. The quantitative estimate of drug-likeness (QED) is 0.622. The molecule has 2 amide bonds. The number of nitrogens with two attached hydrogens (primary N) is 1. The van der Waals surface area contributed by atoms with Crippen LogP contribution in [0, 0.1) is 0 Å². The van der Waals surface area contributed by atoms with Crippen molar-refractivity contribution in [2.24, 2.45) is 5.73 Å². The molecule has 1 saturated carbocycles. The maximum absolute atomic E-state index is 11.5. The van der Waals surface area contributed by atoms with E-state index in [1.54, 1.807) is 0 Å². The Morgan fingerprint density at radius 3 is 2.43 bits per heavy atom. The van der Waals surface area contributed by atoms with Crippen LogP contribution in [0.25, 0.3) is 0 Å². The van der Waals surface area contributed by atoms with Crippen LogP contribution in [0.15, 0.2) is 24.3 Å². The zero-order chi connectivity index (χ0) is 19.5. The van der Waals surface area contributed by atoms with Gasteiger partial charge in [-0.05, 0) is 49.3 Å². The van der Waals surface area contributed by atoms with Crippen LogP contribution in [0.5, 0.6) is 0 Å². The van der Waals surface area contributed by atoms with E-state index in [9.17, 15) is 9.59 Å². The SMILES string of the molecule is NC(=O)c1nnc(Nc2ccc(C3CCN(C=O)CC3)cc2)nc1NC1CC1. The highest BCUT2D eigenvalue weighted by Gasteiger charge is 2.25. The number of rotatable bonds is 7. The van der Waals surface area contributed by atoms with Gasteiger partial charge in [0, 0.05) is 24.8 Å². The van der Waals surface area contributed by atoms with Gasteiger partial charge < -0.3 is 21.3 Å². The summed E-state index contributed by atoms with van der Waals surface area (Å²) in [6.07, 6.45) is 4.95. The van der Waals surface area contributed by atoms with Gasteiger partial charge in [-0.3, -0.25) is 9.59 Å². The summed E-state index contributed by atoms with van der Waals surface area (Å²) in [4.78, 5) is 28.5. The van der Waals surface area contributed by atoms with Crippen LogP contribution < -0.4 is 16.4 Å². The number of hydrogen-bond donors (Lipinski definition) is 3. The zero-order valence-corrected chi connectivity index (χ0v) is 15.5. The Morgan fingerprint density at radius 2 is 1.82 bits per heavy atom. The van der Waals surface area contributed by atoms with E-state index in [0.717, 1.165) is 50.9 Å². The number of primary amides is 1. The van der Waals surface area contributed by atoms with Crippen molar-refractivity contribution in [3.8, 4) is 0 Å². The van der Waals surface area contributed by atoms with Crippen molar-refractivity contribution in [2.75, 3.05) is 23.7 Å². The fraction of sp³-hybridized carbons (Fsp3) is 0.421. The maximum Gasteiger partial charge on any atom is 0.273 e. The normalized spacial score (nSPS) is 17.2. The number of hydrogen-bond acceptors (Lipinski definition) is 7. The van der Waals surface area contributed by atoms with E-state index in [-0.39, 0.29) is 5.69 Å². The molecule has 2 aliphatic rings. The average Bonchev–Trinajstić information content (AvgIpc) is 3.53. The van der Waals surface area contributed by atoms with Gasteiger partial charge in [0.25, 0.3) is 5.91 Å². The van der Waals surface area contributed by atoms with Crippen molar-refractivity contribution >= 4 is 29.8 Å².